The summed E-state index contributed by atoms with van der Waals surface area (Å²) in [6, 6.07) is 3.66. The van der Waals surface area contributed by atoms with E-state index in [-0.39, 0.29) is 21.5 Å². The van der Waals surface area contributed by atoms with Gasteiger partial charge in [0.1, 0.15) is 0 Å². The van der Waals surface area contributed by atoms with E-state index in [0.717, 1.165) is 0 Å². The Balaban J connectivity index is 3.18. The molecule has 100 valence electrons. The highest BCUT2D eigenvalue weighted by atomic mass is 35.5. The first-order valence-electron chi connectivity index (χ1n) is 5.39. The number of carbonyl (C=O) groups excluding carboxylic acids is 1. The van der Waals surface area contributed by atoms with Gasteiger partial charge in [-0.3, -0.25) is 4.79 Å². The molecule has 0 spiro atoms. The second-order valence-corrected chi connectivity index (χ2v) is 6.06. The molecule has 0 heterocycles. The van der Waals surface area contributed by atoms with Crippen LogP contribution in [0.5, 0.6) is 0 Å². The molecule has 7 heteroatoms. The topological polar surface area (TPSA) is 89.3 Å². The average Bonchev–Trinajstić information content (AvgIpc) is 2.28. The van der Waals surface area contributed by atoms with Gasteiger partial charge >= 0.3 is 0 Å². The van der Waals surface area contributed by atoms with Crippen molar-refractivity contribution in [3.8, 4) is 0 Å². The van der Waals surface area contributed by atoms with E-state index in [4.69, 9.17) is 17.3 Å². The summed E-state index contributed by atoms with van der Waals surface area (Å²) < 4.78 is 26.4. The zero-order valence-electron chi connectivity index (χ0n) is 10.1. The first-order chi connectivity index (χ1) is 8.27. The Kier molecular flexibility index (Phi) is 4.72. The predicted octanol–water partition coefficient (Wildman–Crippen LogP) is 1.52. The number of nitrogens with one attached hydrogen (secondary N) is 1. The first-order valence-corrected chi connectivity index (χ1v) is 7.25. The maximum atomic E-state index is 12.0. The lowest BCUT2D eigenvalue weighted by molar-refractivity contribution is 0.1000. The Morgan fingerprint density at radius 3 is 2.61 bits per heavy atom. The highest BCUT2D eigenvalue weighted by molar-refractivity contribution is 7.89. The quantitative estimate of drug-likeness (QED) is 0.861. The van der Waals surface area contributed by atoms with Crippen molar-refractivity contribution in [1.29, 1.82) is 0 Å². The molecule has 0 aliphatic carbocycles. The van der Waals surface area contributed by atoms with Crippen LogP contribution in [0.4, 0.5) is 0 Å². The van der Waals surface area contributed by atoms with Crippen molar-refractivity contribution in [3.05, 3.63) is 28.8 Å². The fourth-order valence-electron chi connectivity index (χ4n) is 1.28. The number of hydrogen-bond donors (Lipinski definition) is 2. The molecule has 1 aromatic carbocycles. The molecule has 0 aromatic heterocycles. The van der Waals surface area contributed by atoms with Crippen LogP contribution < -0.4 is 10.5 Å². The molecule has 1 atom stereocenters. The molecule has 0 radical (unpaired) electrons. The van der Waals surface area contributed by atoms with Crippen LogP contribution in [-0.2, 0) is 10.0 Å². The van der Waals surface area contributed by atoms with Gasteiger partial charge < -0.3 is 5.73 Å². The number of benzene rings is 1. The normalized spacial score (nSPS) is 13.3. The van der Waals surface area contributed by atoms with E-state index in [1.807, 2.05) is 6.92 Å². The fraction of sp³-hybridized carbons (Fsp3) is 0.364. The molecule has 0 aliphatic heterocycles. The summed E-state index contributed by atoms with van der Waals surface area (Å²) in [6.45, 7) is 3.62. The van der Waals surface area contributed by atoms with Crippen molar-refractivity contribution in [3.63, 3.8) is 0 Å². The van der Waals surface area contributed by atoms with Gasteiger partial charge in [0.15, 0.2) is 0 Å². The molecule has 3 N–H and O–H groups in total. The zero-order valence-corrected chi connectivity index (χ0v) is 11.7. The van der Waals surface area contributed by atoms with Crippen LogP contribution >= 0.6 is 11.6 Å². The number of halogens is 1. The van der Waals surface area contributed by atoms with E-state index in [1.165, 1.54) is 18.2 Å². The third kappa shape index (κ3) is 3.44. The minimum atomic E-state index is -3.66. The largest absolute Gasteiger partial charge is 0.366 e. The van der Waals surface area contributed by atoms with Crippen LogP contribution in [0.25, 0.3) is 0 Å². The summed E-state index contributed by atoms with van der Waals surface area (Å²) in [4.78, 5) is 11.1. The van der Waals surface area contributed by atoms with Gasteiger partial charge in [-0.05, 0) is 31.5 Å². The summed E-state index contributed by atoms with van der Waals surface area (Å²) in [5.41, 5.74) is 5.11. The van der Waals surface area contributed by atoms with Gasteiger partial charge in [-0.25, -0.2) is 13.1 Å². The smallest absolute Gasteiger partial charge is 0.250 e. The monoisotopic (exact) mass is 290 g/mol. The molecule has 5 nitrogen and oxygen atoms in total. The van der Waals surface area contributed by atoms with Gasteiger partial charge in [0.2, 0.25) is 15.9 Å². The minimum absolute atomic E-state index is 0.0105. The van der Waals surface area contributed by atoms with Gasteiger partial charge in [0.05, 0.1) is 15.5 Å². The van der Waals surface area contributed by atoms with Crippen LogP contribution in [0.1, 0.15) is 30.6 Å². The Labute approximate surface area is 111 Å². The van der Waals surface area contributed by atoms with Crippen molar-refractivity contribution < 1.29 is 13.2 Å². The third-order valence-corrected chi connectivity index (χ3v) is 4.40. The van der Waals surface area contributed by atoms with Gasteiger partial charge in [-0.15, -0.1) is 0 Å². The van der Waals surface area contributed by atoms with Crippen molar-refractivity contribution in [2.45, 2.75) is 31.2 Å². The fourth-order valence-corrected chi connectivity index (χ4v) is 2.84. The Hall–Kier alpha value is -1.11. The number of sulfonamides is 1. The van der Waals surface area contributed by atoms with E-state index >= 15 is 0 Å². The molecule has 1 amide bonds. The summed E-state index contributed by atoms with van der Waals surface area (Å²) in [5, 5.41) is 0.130. The second-order valence-electron chi connectivity index (χ2n) is 3.94. The van der Waals surface area contributed by atoms with Crippen LogP contribution in [0, 0.1) is 0 Å². The standard InChI is InChI=1S/C11H15ClN2O3S/c1-3-7(2)14-18(16,17)8-4-5-10(12)9(6-8)11(13)15/h4-7,14H,3H2,1-2H3,(H2,13,15). The molecule has 1 rings (SSSR count). The van der Waals surface area contributed by atoms with Crippen LogP contribution in [-0.4, -0.2) is 20.4 Å². The number of amides is 1. The Morgan fingerprint density at radius 2 is 2.11 bits per heavy atom. The molecule has 0 aliphatic rings. The third-order valence-electron chi connectivity index (χ3n) is 2.48. The van der Waals surface area contributed by atoms with Gasteiger partial charge in [0, 0.05) is 6.04 Å². The van der Waals surface area contributed by atoms with E-state index < -0.39 is 15.9 Å². The average molecular weight is 291 g/mol. The lowest BCUT2D eigenvalue weighted by atomic mass is 10.2. The number of carbonyl (C=O) groups is 1. The second kappa shape index (κ2) is 5.69. The van der Waals surface area contributed by atoms with Crippen molar-refractivity contribution >= 4 is 27.5 Å². The summed E-state index contributed by atoms with van der Waals surface area (Å²) in [7, 11) is -3.66. The summed E-state index contributed by atoms with van der Waals surface area (Å²) in [5.74, 6) is -0.763. The van der Waals surface area contributed by atoms with Crippen LogP contribution in [0.3, 0.4) is 0 Å². The first kappa shape index (κ1) is 14.9. The highest BCUT2D eigenvalue weighted by Crippen LogP contribution is 2.20. The molecule has 0 saturated carbocycles. The maximum absolute atomic E-state index is 12.0. The molecule has 0 fully saturated rings. The van der Waals surface area contributed by atoms with E-state index in [9.17, 15) is 13.2 Å². The minimum Gasteiger partial charge on any atom is -0.366 e. The summed E-state index contributed by atoms with van der Waals surface area (Å²) in [6.07, 6.45) is 0.662. The van der Waals surface area contributed by atoms with E-state index in [0.29, 0.717) is 6.42 Å². The number of hydrogen-bond acceptors (Lipinski definition) is 3. The molecular weight excluding hydrogens is 276 g/mol. The SMILES string of the molecule is CCC(C)NS(=O)(=O)c1ccc(Cl)c(C(N)=O)c1. The molecule has 0 bridgehead atoms. The van der Waals surface area contributed by atoms with E-state index in [2.05, 4.69) is 4.72 Å². The number of rotatable bonds is 5. The molecule has 1 unspecified atom stereocenters. The van der Waals surface area contributed by atoms with Crippen molar-refractivity contribution in [1.82, 2.24) is 4.72 Å². The number of primary amides is 1. The molecule has 1 aromatic rings. The van der Waals surface area contributed by atoms with Gasteiger partial charge in [0.25, 0.3) is 0 Å². The molecule has 18 heavy (non-hydrogen) atoms. The lowest BCUT2D eigenvalue weighted by Gasteiger charge is -2.12. The maximum Gasteiger partial charge on any atom is 0.250 e. The molecule has 0 saturated heterocycles. The van der Waals surface area contributed by atoms with Crippen molar-refractivity contribution in [2.24, 2.45) is 5.73 Å². The van der Waals surface area contributed by atoms with Crippen LogP contribution in [0.2, 0.25) is 5.02 Å². The Bertz CT molecular complexity index is 557. The lowest BCUT2D eigenvalue weighted by Crippen LogP contribution is -2.32. The zero-order chi connectivity index (χ0) is 13.9. The summed E-state index contributed by atoms with van der Waals surface area (Å²) >= 11 is 5.76. The Morgan fingerprint density at radius 1 is 1.50 bits per heavy atom. The van der Waals surface area contributed by atoms with E-state index in [1.54, 1.807) is 6.92 Å². The number of nitrogens with two attached hydrogens (primary N) is 1. The highest BCUT2D eigenvalue weighted by Gasteiger charge is 2.19. The van der Waals surface area contributed by atoms with Gasteiger partial charge in [-0.1, -0.05) is 18.5 Å². The van der Waals surface area contributed by atoms with Gasteiger partial charge in [-0.2, -0.15) is 0 Å². The predicted molar refractivity (Wildman–Crippen MR) is 70.0 cm³/mol. The molecular formula is C11H15ClN2O3S. The van der Waals surface area contributed by atoms with Crippen LogP contribution in [0.15, 0.2) is 23.1 Å². The van der Waals surface area contributed by atoms with Crippen molar-refractivity contribution in [2.75, 3.05) is 0 Å².